The van der Waals surface area contributed by atoms with E-state index in [0.717, 1.165) is 24.3 Å². The molecule has 0 aromatic rings. The number of nitrogens with one attached hydrogen (secondary N) is 1. The fourth-order valence-electron chi connectivity index (χ4n) is 2.71. The Bertz CT molecular complexity index is 233. The van der Waals surface area contributed by atoms with E-state index in [1.165, 1.54) is 19.3 Å². The molecule has 0 amide bonds. The summed E-state index contributed by atoms with van der Waals surface area (Å²) in [4.78, 5) is 0. The van der Waals surface area contributed by atoms with Gasteiger partial charge in [-0.15, -0.1) is 5.92 Å². The number of rotatable bonds is 3. The summed E-state index contributed by atoms with van der Waals surface area (Å²) in [5.41, 5.74) is 0. The van der Waals surface area contributed by atoms with Crippen molar-refractivity contribution in [3.8, 4) is 11.8 Å². The molecule has 0 aromatic heterocycles. The van der Waals surface area contributed by atoms with Crippen molar-refractivity contribution in [2.24, 2.45) is 17.8 Å². The minimum atomic E-state index is 0.689. The highest BCUT2D eigenvalue weighted by Gasteiger charge is 2.29. The highest BCUT2D eigenvalue weighted by atomic mass is 14.9. The molecule has 3 unspecified atom stereocenters. The third-order valence-electron chi connectivity index (χ3n) is 3.65. The average Bonchev–Trinajstić information content (AvgIpc) is 2.18. The summed E-state index contributed by atoms with van der Waals surface area (Å²) >= 11 is 0. The molecule has 1 saturated carbocycles. The lowest BCUT2D eigenvalue weighted by molar-refractivity contribution is 0.174. The summed E-state index contributed by atoms with van der Waals surface area (Å²) in [5.74, 6) is 8.58. The van der Waals surface area contributed by atoms with Crippen LogP contribution in [-0.4, -0.2) is 12.6 Å². The van der Waals surface area contributed by atoms with Crippen molar-refractivity contribution in [3.05, 3.63) is 0 Å². The van der Waals surface area contributed by atoms with Crippen LogP contribution in [0.1, 0.15) is 47.0 Å². The third kappa shape index (κ3) is 3.87. The molecule has 15 heavy (non-hydrogen) atoms. The summed E-state index contributed by atoms with van der Waals surface area (Å²) in [5, 5.41) is 3.61. The summed E-state index contributed by atoms with van der Waals surface area (Å²) in [7, 11) is 0. The Balaban J connectivity index is 2.48. The molecule has 0 aliphatic heterocycles. The third-order valence-corrected chi connectivity index (χ3v) is 3.65. The van der Waals surface area contributed by atoms with Crippen molar-refractivity contribution in [1.29, 1.82) is 0 Å². The molecule has 0 radical (unpaired) electrons. The van der Waals surface area contributed by atoms with Crippen LogP contribution in [0.15, 0.2) is 0 Å². The smallest absolute Gasteiger partial charge is 0.0578 e. The lowest BCUT2D eigenvalue weighted by atomic mass is 9.74. The van der Waals surface area contributed by atoms with E-state index in [9.17, 15) is 0 Å². The summed E-state index contributed by atoms with van der Waals surface area (Å²) in [6.07, 6.45) is 4.12. The molecule has 3 atom stereocenters. The van der Waals surface area contributed by atoms with Crippen LogP contribution in [0.3, 0.4) is 0 Å². The van der Waals surface area contributed by atoms with E-state index in [0.29, 0.717) is 6.04 Å². The molecule has 0 spiro atoms. The van der Waals surface area contributed by atoms with Crippen LogP contribution in [0.4, 0.5) is 0 Å². The monoisotopic (exact) mass is 207 g/mol. The molecule has 1 aliphatic rings. The van der Waals surface area contributed by atoms with Crippen molar-refractivity contribution < 1.29 is 0 Å². The topological polar surface area (TPSA) is 12.0 Å². The van der Waals surface area contributed by atoms with Gasteiger partial charge in [-0.05, 0) is 37.5 Å². The molecule has 1 rings (SSSR count). The van der Waals surface area contributed by atoms with Crippen molar-refractivity contribution in [2.75, 3.05) is 6.54 Å². The Kier molecular flexibility index (Phi) is 5.19. The maximum Gasteiger partial charge on any atom is 0.0578 e. The van der Waals surface area contributed by atoms with Crippen LogP contribution < -0.4 is 5.32 Å². The summed E-state index contributed by atoms with van der Waals surface area (Å²) < 4.78 is 0. The zero-order valence-electron chi connectivity index (χ0n) is 10.6. The lowest BCUT2D eigenvalue weighted by Gasteiger charge is -2.37. The van der Waals surface area contributed by atoms with E-state index in [1.54, 1.807) is 0 Å². The van der Waals surface area contributed by atoms with Gasteiger partial charge in [-0.25, -0.2) is 0 Å². The first-order valence-corrected chi connectivity index (χ1v) is 6.28. The first kappa shape index (κ1) is 12.6. The second-order valence-electron chi connectivity index (χ2n) is 5.24. The van der Waals surface area contributed by atoms with E-state index >= 15 is 0 Å². The quantitative estimate of drug-likeness (QED) is 0.701. The molecule has 1 fully saturated rings. The summed E-state index contributed by atoms with van der Waals surface area (Å²) in [6, 6.07) is 0.689. The van der Waals surface area contributed by atoms with Crippen LogP contribution in [0, 0.1) is 29.6 Å². The SMILES string of the molecule is CC#CCNC1CC(C)CCC1C(C)C. The van der Waals surface area contributed by atoms with Crippen LogP contribution >= 0.6 is 0 Å². The highest BCUT2D eigenvalue weighted by Crippen LogP contribution is 2.33. The lowest BCUT2D eigenvalue weighted by Crippen LogP contribution is -2.42. The molecule has 0 aromatic carbocycles. The number of hydrogen-bond donors (Lipinski definition) is 1. The zero-order valence-corrected chi connectivity index (χ0v) is 10.6. The minimum Gasteiger partial charge on any atom is -0.303 e. The van der Waals surface area contributed by atoms with Crippen LogP contribution in [0.2, 0.25) is 0 Å². The summed E-state index contributed by atoms with van der Waals surface area (Å²) in [6.45, 7) is 9.83. The largest absolute Gasteiger partial charge is 0.303 e. The van der Waals surface area contributed by atoms with E-state index in [4.69, 9.17) is 0 Å². The molecule has 1 N–H and O–H groups in total. The minimum absolute atomic E-state index is 0.689. The van der Waals surface area contributed by atoms with Crippen molar-refractivity contribution in [1.82, 2.24) is 5.32 Å². The van der Waals surface area contributed by atoms with Crippen LogP contribution in [0.5, 0.6) is 0 Å². The Morgan fingerprint density at radius 2 is 2.07 bits per heavy atom. The predicted octanol–water partition coefficient (Wildman–Crippen LogP) is 3.06. The first-order chi connectivity index (χ1) is 7.15. The van der Waals surface area contributed by atoms with E-state index in [1.807, 2.05) is 6.92 Å². The number of hydrogen-bond acceptors (Lipinski definition) is 1. The standard InChI is InChI=1S/C14H25N/c1-5-6-9-15-14-10-12(4)7-8-13(14)11(2)3/h11-15H,7-10H2,1-4H3. The molecule has 86 valence electrons. The van der Waals surface area contributed by atoms with E-state index in [2.05, 4.69) is 37.9 Å². The van der Waals surface area contributed by atoms with Gasteiger partial charge >= 0.3 is 0 Å². The van der Waals surface area contributed by atoms with Gasteiger partial charge in [0.05, 0.1) is 6.54 Å². The predicted molar refractivity (Wildman–Crippen MR) is 66.6 cm³/mol. The van der Waals surface area contributed by atoms with Crippen LogP contribution in [-0.2, 0) is 0 Å². The molecule has 0 bridgehead atoms. The molecule has 0 heterocycles. The molecular formula is C14H25N. The second kappa shape index (κ2) is 6.18. The van der Waals surface area contributed by atoms with Crippen molar-refractivity contribution in [3.63, 3.8) is 0 Å². The van der Waals surface area contributed by atoms with Gasteiger partial charge in [0.25, 0.3) is 0 Å². The van der Waals surface area contributed by atoms with Gasteiger partial charge in [0.1, 0.15) is 0 Å². The van der Waals surface area contributed by atoms with E-state index in [-0.39, 0.29) is 0 Å². The van der Waals surface area contributed by atoms with Gasteiger partial charge in [0.2, 0.25) is 0 Å². The van der Waals surface area contributed by atoms with Crippen LogP contribution in [0.25, 0.3) is 0 Å². The van der Waals surface area contributed by atoms with Gasteiger partial charge in [0.15, 0.2) is 0 Å². The Hall–Kier alpha value is -0.480. The highest BCUT2D eigenvalue weighted by molar-refractivity contribution is 4.98. The Labute approximate surface area is 95.0 Å². The molecule has 1 aliphatic carbocycles. The fraction of sp³-hybridized carbons (Fsp3) is 0.857. The molecule has 0 saturated heterocycles. The molecule has 1 nitrogen and oxygen atoms in total. The molecular weight excluding hydrogens is 182 g/mol. The van der Waals surface area contributed by atoms with Gasteiger partial charge in [0, 0.05) is 6.04 Å². The van der Waals surface area contributed by atoms with Gasteiger partial charge in [-0.3, -0.25) is 0 Å². The second-order valence-corrected chi connectivity index (χ2v) is 5.24. The zero-order chi connectivity index (χ0) is 11.3. The van der Waals surface area contributed by atoms with Crippen molar-refractivity contribution >= 4 is 0 Å². The van der Waals surface area contributed by atoms with Gasteiger partial charge < -0.3 is 5.32 Å². The average molecular weight is 207 g/mol. The van der Waals surface area contributed by atoms with E-state index < -0.39 is 0 Å². The maximum atomic E-state index is 3.61. The maximum absolute atomic E-state index is 3.61. The van der Waals surface area contributed by atoms with Gasteiger partial charge in [-0.1, -0.05) is 33.1 Å². The Morgan fingerprint density at radius 3 is 2.67 bits per heavy atom. The molecule has 1 heteroatoms. The first-order valence-electron chi connectivity index (χ1n) is 6.28. The normalized spacial score (nSPS) is 31.1. The van der Waals surface area contributed by atoms with Crippen molar-refractivity contribution in [2.45, 2.75) is 53.0 Å². The fourth-order valence-corrected chi connectivity index (χ4v) is 2.71. The Morgan fingerprint density at radius 1 is 1.33 bits per heavy atom. The van der Waals surface area contributed by atoms with Gasteiger partial charge in [-0.2, -0.15) is 0 Å².